The second-order valence-corrected chi connectivity index (χ2v) is 7.23. The molecule has 7 heteroatoms. The van der Waals surface area contributed by atoms with Crippen LogP contribution in [0.15, 0.2) is 24.3 Å². The zero-order valence-corrected chi connectivity index (χ0v) is 14.7. The second kappa shape index (κ2) is 6.70. The van der Waals surface area contributed by atoms with Crippen molar-refractivity contribution in [1.29, 1.82) is 0 Å². The average molecular weight is 360 g/mol. The van der Waals surface area contributed by atoms with Gasteiger partial charge in [0.25, 0.3) is 0 Å². The summed E-state index contributed by atoms with van der Waals surface area (Å²) in [5, 5.41) is 7.39. The van der Waals surface area contributed by atoms with E-state index in [0.717, 1.165) is 37.4 Å². The number of aromatic nitrogens is 2. The Bertz CT molecular complexity index is 827. The lowest BCUT2D eigenvalue weighted by Gasteiger charge is -2.23. The topological polar surface area (TPSA) is 50.2 Å². The molecule has 1 heterocycles. The van der Waals surface area contributed by atoms with E-state index in [4.69, 9.17) is 0 Å². The summed E-state index contributed by atoms with van der Waals surface area (Å²) in [6, 6.07) is 5.20. The van der Waals surface area contributed by atoms with Crippen molar-refractivity contribution in [3.05, 3.63) is 47.2 Å². The van der Waals surface area contributed by atoms with Gasteiger partial charge in [-0.15, -0.1) is 0 Å². The summed E-state index contributed by atoms with van der Waals surface area (Å²) in [5.41, 5.74) is 1.32. The van der Waals surface area contributed by atoms with Crippen LogP contribution in [-0.2, 0) is 13.6 Å². The highest BCUT2D eigenvalue weighted by Crippen LogP contribution is 2.36. The van der Waals surface area contributed by atoms with Gasteiger partial charge in [0.05, 0.1) is 12.2 Å². The highest BCUT2D eigenvalue weighted by atomic mass is 19.1. The molecule has 0 spiro atoms. The van der Waals surface area contributed by atoms with E-state index in [2.05, 4.69) is 10.4 Å². The molecule has 0 radical (unpaired) electrons. The zero-order chi connectivity index (χ0) is 18.3. The minimum atomic E-state index is -0.628. The maximum absolute atomic E-state index is 14.0. The number of nitrogens with zero attached hydrogens (tertiary/aromatic N) is 3. The van der Waals surface area contributed by atoms with Gasteiger partial charge < -0.3 is 4.90 Å². The molecule has 2 fully saturated rings. The van der Waals surface area contributed by atoms with Crippen LogP contribution < -0.4 is 5.32 Å². The predicted molar refractivity (Wildman–Crippen MR) is 93.7 cm³/mol. The fraction of sp³-hybridized carbons (Fsp3) is 0.474. The standard InChI is InChI=1S/C19H22F2N4O/c1-24-18(10-17(23-24)12-3-2-4-12)22-19(26)25(15-7-8-15)11-13-5-6-14(20)9-16(13)21/h5-6,9-10,12,15H,2-4,7-8,11H2,1H3,(H,22,26). The minimum Gasteiger partial charge on any atom is -0.317 e. The molecule has 2 amide bonds. The fourth-order valence-corrected chi connectivity index (χ4v) is 3.28. The average Bonchev–Trinajstić information content (AvgIpc) is 3.30. The Hall–Kier alpha value is -2.44. The smallest absolute Gasteiger partial charge is 0.317 e. The minimum absolute atomic E-state index is 0.0961. The van der Waals surface area contributed by atoms with Gasteiger partial charge in [0, 0.05) is 36.7 Å². The number of rotatable bonds is 5. The van der Waals surface area contributed by atoms with Gasteiger partial charge in [-0.2, -0.15) is 5.10 Å². The molecule has 2 aliphatic rings. The molecule has 2 aromatic rings. The first-order valence-corrected chi connectivity index (χ1v) is 9.07. The summed E-state index contributed by atoms with van der Waals surface area (Å²) >= 11 is 0. The van der Waals surface area contributed by atoms with E-state index in [9.17, 15) is 13.6 Å². The van der Waals surface area contributed by atoms with Crippen molar-refractivity contribution in [1.82, 2.24) is 14.7 Å². The van der Waals surface area contributed by atoms with E-state index in [-0.39, 0.29) is 18.6 Å². The molecule has 5 nitrogen and oxygen atoms in total. The lowest BCUT2D eigenvalue weighted by atomic mass is 9.83. The van der Waals surface area contributed by atoms with Crippen LogP contribution in [0, 0.1) is 11.6 Å². The monoisotopic (exact) mass is 360 g/mol. The largest absolute Gasteiger partial charge is 0.323 e. The molecule has 2 aliphatic carbocycles. The van der Waals surface area contributed by atoms with Crippen LogP contribution in [0.5, 0.6) is 0 Å². The van der Waals surface area contributed by atoms with Crippen molar-refractivity contribution in [2.24, 2.45) is 7.05 Å². The molecule has 1 N–H and O–H groups in total. The molecule has 2 saturated carbocycles. The Kier molecular flexibility index (Phi) is 4.38. The Labute approximate surface area is 151 Å². The van der Waals surface area contributed by atoms with Crippen molar-refractivity contribution >= 4 is 11.8 Å². The second-order valence-electron chi connectivity index (χ2n) is 7.23. The molecule has 138 valence electrons. The molecule has 0 aliphatic heterocycles. The first kappa shape index (κ1) is 17.0. The van der Waals surface area contributed by atoms with Gasteiger partial charge in [0.1, 0.15) is 17.5 Å². The van der Waals surface area contributed by atoms with Crippen molar-refractivity contribution in [2.45, 2.75) is 50.6 Å². The predicted octanol–water partition coefficient (Wildman–Crippen LogP) is 4.16. The first-order chi connectivity index (χ1) is 12.5. The Morgan fingerprint density at radius 2 is 2.04 bits per heavy atom. The van der Waals surface area contributed by atoms with Gasteiger partial charge in [-0.25, -0.2) is 13.6 Å². The molecule has 4 rings (SSSR count). The fourth-order valence-electron chi connectivity index (χ4n) is 3.28. The van der Waals surface area contributed by atoms with Gasteiger partial charge in [-0.3, -0.25) is 10.00 Å². The zero-order valence-electron chi connectivity index (χ0n) is 14.7. The molecule has 0 bridgehead atoms. The van der Waals surface area contributed by atoms with Crippen LogP contribution in [0.3, 0.4) is 0 Å². The lowest BCUT2D eigenvalue weighted by molar-refractivity contribution is 0.205. The van der Waals surface area contributed by atoms with Crippen LogP contribution in [0.25, 0.3) is 0 Å². The number of carbonyl (C=O) groups is 1. The Balaban J connectivity index is 1.48. The summed E-state index contributed by atoms with van der Waals surface area (Å²) in [6.07, 6.45) is 5.30. The summed E-state index contributed by atoms with van der Waals surface area (Å²) in [4.78, 5) is 14.4. The summed E-state index contributed by atoms with van der Waals surface area (Å²) in [5.74, 6) is -0.120. The number of amides is 2. The molecule has 0 unspecified atom stereocenters. The van der Waals surface area contributed by atoms with Gasteiger partial charge in [-0.05, 0) is 31.7 Å². The molecule has 0 atom stereocenters. The number of aryl methyl sites for hydroxylation is 1. The third kappa shape index (κ3) is 3.43. The molecule has 26 heavy (non-hydrogen) atoms. The molecular weight excluding hydrogens is 338 g/mol. The van der Waals surface area contributed by atoms with Crippen molar-refractivity contribution in [3.8, 4) is 0 Å². The normalized spacial score (nSPS) is 17.0. The van der Waals surface area contributed by atoms with Crippen LogP contribution in [0.2, 0.25) is 0 Å². The maximum atomic E-state index is 14.0. The van der Waals surface area contributed by atoms with Crippen molar-refractivity contribution < 1.29 is 13.6 Å². The maximum Gasteiger partial charge on any atom is 0.323 e. The van der Waals surface area contributed by atoms with Crippen LogP contribution in [0.1, 0.15) is 49.3 Å². The first-order valence-electron chi connectivity index (χ1n) is 9.07. The Morgan fingerprint density at radius 3 is 2.65 bits per heavy atom. The number of hydrogen-bond acceptors (Lipinski definition) is 2. The number of benzene rings is 1. The van der Waals surface area contributed by atoms with E-state index in [1.165, 1.54) is 18.6 Å². The number of halogens is 2. The SMILES string of the molecule is Cn1nc(C2CCC2)cc1NC(=O)N(Cc1ccc(F)cc1F)C1CC1. The van der Waals surface area contributed by atoms with Crippen LogP contribution >= 0.6 is 0 Å². The number of hydrogen-bond donors (Lipinski definition) is 1. The highest BCUT2D eigenvalue weighted by molar-refractivity contribution is 5.89. The van der Waals surface area contributed by atoms with E-state index in [1.54, 1.807) is 16.6 Å². The van der Waals surface area contributed by atoms with Gasteiger partial charge in [0.15, 0.2) is 0 Å². The highest BCUT2D eigenvalue weighted by Gasteiger charge is 2.34. The van der Waals surface area contributed by atoms with Crippen molar-refractivity contribution in [3.63, 3.8) is 0 Å². The number of anilines is 1. The molecule has 0 saturated heterocycles. The van der Waals surface area contributed by atoms with E-state index >= 15 is 0 Å². The number of nitrogens with one attached hydrogen (secondary N) is 1. The summed E-state index contributed by atoms with van der Waals surface area (Å²) in [6.45, 7) is 0.121. The quantitative estimate of drug-likeness (QED) is 0.870. The third-order valence-corrected chi connectivity index (χ3v) is 5.26. The van der Waals surface area contributed by atoms with Crippen LogP contribution in [-0.4, -0.2) is 26.8 Å². The van der Waals surface area contributed by atoms with Crippen molar-refractivity contribution in [2.75, 3.05) is 5.32 Å². The van der Waals surface area contributed by atoms with Gasteiger partial charge in [0.2, 0.25) is 0 Å². The third-order valence-electron chi connectivity index (χ3n) is 5.26. The number of carbonyl (C=O) groups excluding carboxylic acids is 1. The van der Waals surface area contributed by atoms with E-state index in [0.29, 0.717) is 17.3 Å². The van der Waals surface area contributed by atoms with Gasteiger partial charge in [-0.1, -0.05) is 12.5 Å². The number of urea groups is 1. The Morgan fingerprint density at radius 1 is 1.27 bits per heavy atom. The molecular formula is C19H22F2N4O. The lowest BCUT2D eigenvalue weighted by Crippen LogP contribution is -2.37. The molecule has 1 aromatic carbocycles. The van der Waals surface area contributed by atoms with Crippen LogP contribution in [0.4, 0.5) is 19.4 Å². The van der Waals surface area contributed by atoms with E-state index < -0.39 is 11.6 Å². The summed E-state index contributed by atoms with van der Waals surface area (Å²) < 4.78 is 28.8. The van der Waals surface area contributed by atoms with Gasteiger partial charge >= 0.3 is 6.03 Å². The molecule has 1 aromatic heterocycles. The van der Waals surface area contributed by atoms with E-state index in [1.807, 2.05) is 6.07 Å². The summed E-state index contributed by atoms with van der Waals surface area (Å²) in [7, 11) is 1.80.